The zero-order valence-electron chi connectivity index (χ0n) is 9.62. The van der Waals surface area contributed by atoms with Gasteiger partial charge in [0.15, 0.2) is 0 Å². The molecule has 0 aliphatic heterocycles. The number of nitrogens with one attached hydrogen (secondary N) is 2. The molecule has 15 heavy (non-hydrogen) atoms. The van der Waals surface area contributed by atoms with Crippen molar-refractivity contribution in [3.05, 3.63) is 12.7 Å². The number of hydrazine groups is 1. The fourth-order valence-electron chi connectivity index (χ4n) is 2.14. The molecule has 0 saturated heterocycles. The van der Waals surface area contributed by atoms with Crippen molar-refractivity contribution in [3.63, 3.8) is 0 Å². The van der Waals surface area contributed by atoms with Gasteiger partial charge >= 0.3 is 0 Å². The van der Waals surface area contributed by atoms with Gasteiger partial charge in [-0.2, -0.15) is 0 Å². The van der Waals surface area contributed by atoms with Crippen LogP contribution in [0.1, 0.15) is 25.7 Å². The van der Waals surface area contributed by atoms with Crippen molar-refractivity contribution in [2.24, 2.45) is 0 Å². The van der Waals surface area contributed by atoms with Gasteiger partial charge < -0.3 is 4.90 Å². The van der Waals surface area contributed by atoms with Gasteiger partial charge in [0.05, 0.1) is 0 Å². The van der Waals surface area contributed by atoms with Crippen LogP contribution >= 0.6 is 0 Å². The van der Waals surface area contributed by atoms with Crippen molar-refractivity contribution < 1.29 is 4.79 Å². The van der Waals surface area contributed by atoms with E-state index in [1.807, 2.05) is 19.0 Å². The zero-order chi connectivity index (χ0) is 11.3. The lowest BCUT2D eigenvalue weighted by atomic mass is 9.90. The molecule has 0 aromatic carbocycles. The van der Waals surface area contributed by atoms with Crippen molar-refractivity contribution in [1.82, 2.24) is 15.8 Å². The number of nitrogens with zero attached hydrogens (tertiary/aromatic N) is 1. The summed E-state index contributed by atoms with van der Waals surface area (Å²) in [5.74, 6) is 0.0278. The molecule has 1 aliphatic rings. The molecule has 4 nitrogen and oxygen atoms in total. The quantitative estimate of drug-likeness (QED) is 0.530. The van der Waals surface area contributed by atoms with Gasteiger partial charge in [0.25, 0.3) is 0 Å². The third kappa shape index (κ3) is 3.32. The Bertz CT molecular complexity index is 222. The lowest BCUT2D eigenvalue weighted by molar-refractivity contribution is -0.127. The zero-order valence-corrected chi connectivity index (χ0v) is 9.62. The van der Waals surface area contributed by atoms with Crippen LogP contribution in [0.4, 0.5) is 0 Å². The van der Waals surface area contributed by atoms with Gasteiger partial charge in [-0.15, -0.1) is 0 Å². The minimum Gasteiger partial charge on any atom is -0.339 e. The molecule has 1 saturated carbocycles. The number of hydrogen-bond acceptors (Lipinski definition) is 3. The maximum atomic E-state index is 11.4. The van der Waals surface area contributed by atoms with E-state index in [2.05, 4.69) is 17.4 Å². The lowest BCUT2D eigenvalue weighted by Gasteiger charge is -2.34. The van der Waals surface area contributed by atoms with Crippen LogP contribution in [0.5, 0.6) is 0 Å². The summed E-state index contributed by atoms with van der Waals surface area (Å²) in [7, 11) is 3.75. The minimum absolute atomic E-state index is 0.0278. The van der Waals surface area contributed by atoms with Crippen LogP contribution in [0.15, 0.2) is 12.7 Å². The molecule has 0 spiro atoms. The van der Waals surface area contributed by atoms with Crippen molar-refractivity contribution in [1.29, 1.82) is 0 Å². The summed E-state index contributed by atoms with van der Waals surface area (Å²) in [6.07, 6.45) is 5.74. The standard InChI is InChI=1S/C11H21N3O/c1-4-11(15)14(3)10-7-5-9(6-8-10)13-12-2/h4,9-10,12-13H,1,5-8H2,2-3H3/t9-,10+. The summed E-state index contributed by atoms with van der Waals surface area (Å²) >= 11 is 0. The Hall–Kier alpha value is -0.870. The molecule has 4 heteroatoms. The molecule has 0 heterocycles. The van der Waals surface area contributed by atoms with Crippen LogP contribution in [-0.4, -0.2) is 37.0 Å². The van der Waals surface area contributed by atoms with Gasteiger partial charge in [-0.05, 0) is 38.8 Å². The van der Waals surface area contributed by atoms with Gasteiger partial charge in [0.1, 0.15) is 0 Å². The predicted molar refractivity (Wildman–Crippen MR) is 61.2 cm³/mol. The highest BCUT2D eigenvalue weighted by Gasteiger charge is 2.24. The van der Waals surface area contributed by atoms with Gasteiger partial charge in [0.2, 0.25) is 5.91 Å². The van der Waals surface area contributed by atoms with E-state index in [4.69, 9.17) is 0 Å². The number of amides is 1. The second-order valence-corrected chi connectivity index (χ2v) is 4.05. The smallest absolute Gasteiger partial charge is 0.245 e. The van der Waals surface area contributed by atoms with Crippen LogP contribution in [0.25, 0.3) is 0 Å². The van der Waals surface area contributed by atoms with Crippen LogP contribution in [0, 0.1) is 0 Å². The molecule has 86 valence electrons. The van der Waals surface area contributed by atoms with Crippen molar-refractivity contribution in [3.8, 4) is 0 Å². The summed E-state index contributed by atoms with van der Waals surface area (Å²) in [6.45, 7) is 3.51. The molecule has 1 aliphatic carbocycles. The number of likely N-dealkylation sites (N-methyl/N-ethyl adjacent to an activating group) is 1. The predicted octanol–water partition coefficient (Wildman–Crippen LogP) is 0.666. The van der Waals surface area contributed by atoms with Gasteiger partial charge in [-0.25, -0.2) is 0 Å². The SMILES string of the molecule is C=CC(=O)N(C)[C@H]1CC[C@@H](NNC)CC1. The Morgan fingerprint density at radius 2 is 2.00 bits per heavy atom. The molecule has 1 amide bonds. The molecular weight excluding hydrogens is 190 g/mol. The van der Waals surface area contributed by atoms with E-state index in [1.165, 1.54) is 6.08 Å². The Kier molecular flexibility index (Phi) is 4.78. The van der Waals surface area contributed by atoms with Gasteiger partial charge in [-0.1, -0.05) is 6.58 Å². The third-order valence-electron chi connectivity index (χ3n) is 3.12. The van der Waals surface area contributed by atoms with Crippen LogP contribution in [-0.2, 0) is 4.79 Å². The maximum Gasteiger partial charge on any atom is 0.245 e. The monoisotopic (exact) mass is 211 g/mol. The molecule has 0 radical (unpaired) electrons. The fourth-order valence-corrected chi connectivity index (χ4v) is 2.14. The Labute approximate surface area is 91.7 Å². The van der Waals surface area contributed by atoms with E-state index < -0.39 is 0 Å². The first-order valence-corrected chi connectivity index (χ1v) is 5.50. The minimum atomic E-state index is 0.0278. The molecular formula is C11H21N3O. The molecule has 2 N–H and O–H groups in total. The van der Waals surface area contributed by atoms with Crippen molar-refractivity contribution in [2.75, 3.05) is 14.1 Å². The number of carbonyl (C=O) groups excluding carboxylic acids is 1. The average molecular weight is 211 g/mol. The summed E-state index contributed by atoms with van der Waals surface area (Å²) in [6, 6.07) is 0.920. The first-order chi connectivity index (χ1) is 7.19. The third-order valence-corrected chi connectivity index (χ3v) is 3.12. The van der Waals surface area contributed by atoms with E-state index in [-0.39, 0.29) is 5.91 Å². The van der Waals surface area contributed by atoms with E-state index in [9.17, 15) is 4.79 Å². The molecule has 0 unspecified atom stereocenters. The topological polar surface area (TPSA) is 44.4 Å². The maximum absolute atomic E-state index is 11.4. The second kappa shape index (κ2) is 5.88. The fraction of sp³-hybridized carbons (Fsp3) is 0.727. The lowest BCUT2D eigenvalue weighted by Crippen LogP contribution is -2.45. The second-order valence-electron chi connectivity index (χ2n) is 4.05. The first-order valence-electron chi connectivity index (χ1n) is 5.50. The Morgan fingerprint density at radius 3 is 2.47 bits per heavy atom. The van der Waals surface area contributed by atoms with Gasteiger partial charge in [0, 0.05) is 19.1 Å². The number of carbonyl (C=O) groups is 1. The van der Waals surface area contributed by atoms with E-state index >= 15 is 0 Å². The van der Waals surface area contributed by atoms with E-state index in [0.29, 0.717) is 12.1 Å². The molecule has 1 rings (SSSR count). The van der Waals surface area contributed by atoms with Crippen LogP contribution in [0.2, 0.25) is 0 Å². The Balaban J connectivity index is 2.36. The highest BCUT2D eigenvalue weighted by atomic mass is 16.2. The summed E-state index contributed by atoms with van der Waals surface area (Å²) in [4.78, 5) is 13.2. The summed E-state index contributed by atoms with van der Waals surface area (Å²) in [5.41, 5.74) is 6.18. The molecule has 1 fully saturated rings. The van der Waals surface area contributed by atoms with Crippen LogP contribution in [0.3, 0.4) is 0 Å². The molecule has 0 atom stereocenters. The largest absolute Gasteiger partial charge is 0.339 e. The number of rotatable bonds is 4. The highest BCUT2D eigenvalue weighted by molar-refractivity contribution is 5.87. The van der Waals surface area contributed by atoms with Crippen LogP contribution < -0.4 is 10.9 Å². The summed E-state index contributed by atoms with van der Waals surface area (Å²) < 4.78 is 0. The average Bonchev–Trinajstić information content (AvgIpc) is 2.28. The summed E-state index contributed by atoms with van der Waals surface area (Å²) in [5, 5.41) is 0. The normalized spacial score (nSPS) is 26.0. The molecule has 0 bridgehead atoms. The first kappa shape index (κ1) is 12.2. The molecule has 0 aromatic rings. The molecule has 0 aromatic heterocycles. The van der Waals surface area contributed by atoms with Crippen molar-refractivity contribution >= 4 is 5.91 Å². The number of hydrogen-bond donors (Lipinski definition) is 2. The Morgan fingerprint density at radius 1 is 1.40 bits per heavy atom. The van der Waals surface area contributed by atoms with E-state index in [1.54, 1.807) is 0 Å². The van der Waals surface area contributed by atoms with Crippen molar-refractivity contribution in [2.45, 2.75) is 37.8 Å². The van der Waals surface area contributed by atoms with Gasteiger partial charge in [-0.3, -0.25) is 15.6 Å². The highest BCUT2D eigenvalue weighted by Crippen LogP contribution is 2.22. The van der Waals surface area contributed by atoms with E-state index in [0.717, 1.165) is 25.7 Å².